The molecule has 4 nitrogen and oxygen atoms in total. The smallest absolute Gasteiger partial charge is 0.224 e. The number of hydrogen-bond donors (Lipinski definition) is 1. The highest BCUT2D eigenvalue weighted by Gasteiger charge is 2.11. The molecule has 108 valence electrons. The van der Waals surface area contributed by atoms with Crippen LogP contribution in [-0.4, -0.2) is 16.7 Å². The van der Waals surface area contributed by atoms with Crippen LogP contribution in [0, 0.1) is 0 Å². The van der Waals surface area contributed by atoms with E-state index in [2.05, 4.69) is 10.3 Å². The molecule has 2 rings (SSSR count). The van der Waals surface area contributed by atoms with E-state index < -0.39 is 0 Å². The van der Waals surface area contributed by atoms with Crippen LogP contribution >= 0.6 is 0 Å². The Morgan fingerprint density at radius 3 is 2.48 bits per heavy atom. The second kappa shape index (κ2) is 6.79. The molecule has 0 bridgehead atoms. The Kier molecular flexibility index (Phi) is 4.82. The Balaban J connectivity index is 1.94. The summed E-state index contributed by atoms with van der Waals surface area (Å²) in [6, 6.07) is 10.7. The van der Waals surface area contributed by atoms with Gasteiger partial charge in [-0.1, -0.05) is 13.0 Å². The Hall–Kier alpha value is -2.49. The predicted molar refractivity (Wildman–Crippen MR) is 82.3 cm³/mol. The molecule has 1 atom stereocenters. The second-order valence-electron chi connectivity index (χ2n) is 5.07. The van der Waals surface area contributed by atoms with E-state index in [1.165, 1.54) is 6.92 Å². The summed E-state index contributed by atoms with van der Waals surface area (Å²) in [6.07, 6.45) is 3.88. The predicted octanol–water partition coefficient (Wildman–Crippen LogP) is 3.42. The highest BCUT2D eigenvalue weighted by Crippen LogP contribution is 2.19. The van der Waals surface area contributed by atoms with Gasteiger partial charge in [-0.15, -0.1) is 0 Å². The normalized spacial score (nSPS) is 11.7. The van der Waals surface area contributed by atoms with Gasteiger partial charge >= 0.3 is 0 Å². The van der Waals surface area contributed by atoms with Crippen LogP contribution in [0.1, 0.15) is 42.1 Å². The number of aromatic nitrogens is 1. The molecule has 0 spiro atoms. The molecule has 1 amide bonds. The van der Waals surface area contributed by atoms with Gasteiger partial charge < -0.3 is 5.32 Å². The third-order valence-electron chi connectivity index (χ3n) is 3.32. The topological polar surface area (TPSA) is 59.1 Å². The fourth-order valence-corrected chi connectivity index (χ4v) is 2.06. The van der Waals surface area contributed by atoms with Crippen molar-refractivity contribution in [1.29, 1.82) is 0 Å². The van der Waals surface area contributed by atoms with Crippen LogP contribution in [0.25, 0.3) is 0 Å². The monoisotopic (exact) mass is 282 g/mol. The molecule has 2 aromatic rings. The Labute approximate surface area is 124 Å². The zero-order valence-corrected chi connectivity index (χ0v) is 12.2. The Bertz CT molecular complexity index is 621. The number of nitrogens with one attached hydrogen (secondary N) is 1. The lowest BCUT2D eigenvalue weighted by atomic mass is 9.99. The van der Waals surface area contributed by atoms with E-state index in [0.29, 0.717) is 17.7 Å². The number of anilines is 1. The number of pyridine rings is 1. The highest BCUT2D eigenvalue weighted by atomic mass is 16.1. The summed E-state index contributed by atoms with van der Waals surface area (Å²) in [4.78, 5) is 27.3. The van der Waals surface area contributed by atoms with Crippen molar-refractivity contribution in [3.05, 3.63) is 59.9 Å². The maximum absolute atomic E-state index is 12.0. The first kappa shape index (κ1) is 14.9. The number of nitrogens with zero attached hydrogens (tertiary/aromatic N) is 1. The van der Waals surface area contributed by atoms with Crippen molar-refractivity contribution in [2.24, 2.45) is 0 Å². The van der Waals surface area contributed by atoms with Gasteiger partial charge in [-0.25, -0.2) is 0 Å². The van der Waals surface area contributed by atoms with E-state index in [-0.39, 0.29) is 17.6 Å². The molecule has 4 heteroatoms. The number of carbonyl (C=O) groups excluding carboxylic acids is 2. The molecule has 1 aromatic carbocycles. The van der Waals surface area contributed by atoms with Crippen LogP contribution in [0.3, 0.4) is 0 Å². The summed E-state index contributed by atoms with van der Waals surface area (Å²) in [5, 5.41) is 2.84. The first-order chi connectivity index (χ1) is 10.1. The zero-order chi connectivity index (χ0) is 15.2. The summed E-state index contributed by atoms with van der Waals surface area (Å²) in [5.74, 6) is 0.0650. The number of carbonyl (C=O) groups is 2. The summed E-state index contributed by atoms with van der Waals surface area (Å²) in [6.45, 7) is 3.51. The quantitative estimate of drug-likeness (QED) is 0.855. The number of ketones is 1. The molecule has 1 unspecified atom stereocenters. The number of hydrogen-bond acceptors (Lipinski definition) is 3. The van der Waals surface area contributed by atoms with Crippen LogP contribution < -0.4 is 5.32 Å². The average molecular weight is 282 g/mol. The van der Waals surface area contributed by atoms with Gasteiger partial charge in [0, 0.05) is 30.1 Å². The van der Waals surface area contributed by atoms with E-state index >= 15 is 0 Å². The molecule has 1 heterocycles. The van der Waals surface area contributed by atoms with E-state index in [1.807, 2.05) is 19.1 Å². The molecule has 0 saturated heterocycles. The maximum atomic E-state index is 12.0. The van der Waals surface area contributed by atoms with Crippen molar-refractivity contribution in [3.63, 3.8) is 0 Å². The van der Waals surface area contributed by atoms with Crippen molar-refractivity contribution >= 4 is 17.4 Å². The molecular formula is C17H18N2O2. The summed E-state index contributed by atoms with van der Waals surface area (Å²) in [5.41, 5.74) is 2.37. The highest BCUT2D eigenvalue weighted by molar-refractivity contribution is 5.95. The van der Waals surface area contributed by atoms with Crippen LogP contribution in [0.2, 0.25) is 0 Å². The minimum Gasteiger partial charge on any atom is -0.326 e. The molecule has 0 aliphatic heterocycles. The molecule has 21 heavy (non-hydrogen) atoms. The van der Waals surface area contributed by atoms with Crippen LogP contribution in [0.5, 0.6) is 0 Å². The molecule has 0 aliphatic carbocycles. The van der Waals surface area contributed by atoms with Gasteiger partial charge in [-0.3, -0.25) is 14.6 Å². The van der Waals surface area contributed by atoms with Crippen LogP contribution in [0.15, 0.2) is 48.8 Å². The lowest BCUT2D eigenvalue weighted by Gasteiger charge is -2.11. The maximum Gasteiger partial charge on any atom is 0.224 e. The van der Waals surface area contributed by atoms with Crippen molar-refractivity contribution in [2.75, 3.05) is 5.32 Å². The lowest BCUT2D eigenvalue weighted by molar-refractivity contribution is -0.116. The number of rotatable bonds is 5. The molecule has 0 aliphatic rings. The van der Waals surface area contributed by atoms with Gasteiger partial charge in [0.2, 0.25) is 5.91 Å². The fraction of sp³-hybridized carbons (Fsp3) is 0.235. The summed E-state index contributed by atoms with van der Waals surface area (Å²) in [7, 11) is 0. The average Bonchev–Trinajstić information content (AvgIpc) is 2.48. The Morgan fingerprint density at radius 2 is 1.90 bits per heavy atom. The first-order valence-electron chi connectivity index (χ1n) is 6.87. The Morgan fingerprint density at radius 1 is 1.19 bits per heavy atom. The fourth-order valence-electron chi connectivity index (χ4n) is 2.06. The molecular weight excluding hydrogens is 264 g/mol. The largest absolute Gasteiger partial charge is 0.326 e. The number of Topliss-reactive ketones (excluding diaryl/α,β-unsaturated/α-hetero) is 1. The van der Waals surface area contributed by atoms with Crippen molar-refractivity contribution in [2.45, 2.75) is 26.2 Å². The van der Waals surface area contributed by atoms with E-state index in [9.17, 15) is 9.59 Å². The zero-order valence-electron chi connectivity index (χ0n) is 12.2. The van der Waals surface area contributed by atoms with Gasteiger partial charge in [0.15, 0.2) is 5.78 Å². The third kappa shape index (κ3) is 4.24. The summed E-state index contributed by atoms with van der Waals surface area (Å²) >= 11 is 0. The van der Waals surface area contributed by atoms with Crippen LogP contribution in [0.4, 0.5) is 5.69 Å². The van der Waals surface area contributed by atoms with Gasteiger partial charge in [0.05, 0.1) is 0 Å². The molecule has 1 N–H and O–H groups in total. The van der Waals surface area contributed by atoms with E-state index in [1.54, 1.807) is 36.7 Å². The van der Waals surface area contributed by atoms with E-state index in [0.717, 1.165) is 5.56 Å². The van der Waals surface area contributed by atoms with Crippen molar-refractivity contribution in [1.82, 2.24) is 4.98 Å². The summed E-state index contributed by atoms with van der Waals surface area (Å²) < 4.78 is 0. The molecule has 0 radical (unpaired) electrons. The SMILES string of the molecule is CC(=O)c1ccc(NC(=O)CC(C)c2cccnc2)cc1. The number of benzene rings is 1. The van der Waals surface area contributed by atoms with Gasteiger partial charge in [0.25, 0.3) is 0 Å². The van der Waals surface area contributed by atoms with Gasteiger partial charge in [0.1, 0.15) is 0 Å². The van der Waals surface area contributed by atoms with Crippen molar-refractivity contribution < 1.29 is 9.59 Å². The number of amides is 1. The van der Waals surface area contributed by atoms with Gasteiger partial charge in [-0.05, 0) is 48.7 Å². The minimum atomic E-state index is -0.0538. The van der Waals surface area contributed by atoms with E-state index in [4.69, 9.17) is 0 Å². The lowest BCUT2D eigenvalue weighted by Crippen LogP contribution is -2.14. The third-order valence-corrected chi connectivity index (χ3v) is 3.32. The van der Waals surface area contributed by atoms with Gasteiger partial charge in [-0.2, -0.15) is 0 Å². The van der Waals surface area contributed by atoms with Crippen LogP contribution in [-0.2, 0) is 4.79 Å². The molecule has 0 saturated carbocycles. The second-order valence-corrected chi connectivity index (χ2v) is 5.07. The first-order valence-corrected chi connectivity index (χ1v) is 6.87. The van der Waals surface area contributed by atoms with Crippen molar-refractivity contribution in [3.8, 4) is 0 Å². The standard InChI is InChI=1S/C17H18N2O2/c1-12(15-4-3-9-18-11-15)10-17(21)19-16-7-5-14(6-8-16)13(2)20/h3-9,11-12H,10H2,1-2H3,(H,19,21). The minimum absolute atomic E-state index is 0.0121. The molecule has 1 aromatic heterocycles. The molecule has 0 fully saturated rings.